The number of ether oxygens (including phenoxy) is 3. The second-order valence-corrected chi connectivity index (χ2v) is 7.67. The van der Waals surface area contributed by atoms with Crippen molar-refractivity contribution in [3.63, 3.8) is 0 Å². The molecule has 1 saturated carbocycles. The number of carbonyl (C=O) groups is 1. The Morgan fingerprint density at radius 1 is 1.10 bits per heavy atom. The van der Waals surface area contributed by atoms with Gasteiger partial charge in [-0.05, 0) is 30.5 Å². The first-order valence-electron chi connectivity index (χ1n) is 9.25. The van der Waals surface area contributed by atoms with Crippen molar-refractivity contribution >= 4 is 22.4 Å². The smallest absolute Gasteiger partial charge is 0.257 e. The molecule has 150 valence electrons. The van der Waals surface area contributed by atoms with Crippen LogP contribution in [0, 0.1) is 0 Å². The van der Waals surface area contributed by atoms with Gasteiger partial charge in [-0.3, -0.25) is 10.1 Å². The molecule has 0 spiro atoms. The number of benzene rings is 2. The fourth-order valence-electron chi connectivity index (χ4n) is 2.83. The topological polar surface area (TPSA) is 82.6 Å². The van der Waals surface area contributed by atoms with E-state index < -0.39 is 0 Å². The van der Waals surface area contributed by atoms with Crippen molar-refractivity contribution in [2.45, 2.75) is 25.4 Å². The van der Waals surface area contributed by atoms with Crippen LogP contribution in [0.1, 0.15) is 39.7 Å². The minimum atomic E-state index is -0.310. The molecule has 1 N–H and O–H groups in total. The van der Waals surface area contributed by atoms with Crippen LogP contribution in [0.4, 0.5) is 5.13 Å². The highest BCUT2D eigenvalue weighted by Gasteiger charge is 2.28. The van der Waals surface area contributed by atoms with Crippen LogP contribution in [-0.4, -0.2) is 30.3 Å². The van der Waals surface area contributed by atoms with Gasteiger partial charge >= 0.3 is 0 Å². The summed E-state index contributed by atoms with van der Waals surface area (Å²) in [6.45, 7) is 0.355. The number of carbonyl (C=O) groups excluding carboxylic acids is 1. The van der Waals surface area contributed by atoms with E-state index in [2.05, 4.69) is 15.5 Å². The Labute approximate surface area is 172 Å². The lowest BCUT2D eigenvalue weighted by Crippen LogP contribution is -2.12. The number of nitrogens with zero attached hydrogens (tertiary/aromatic N) is 2. The normalized spacial score (nSPS) is 13.0. The van der Waals surface area contributed by atoms with Gasteiger partial charge in [0.05, 0.1) is 14.2 Å². The van der Waals surface area contributed by atoms with Crippen LogP contribution in [0.25, 0.3) is 0 Å². The fourth-order valence-corrected chi connectivity index (χ4v) is 3.74. The molecule has 1 aromatic heterocycles. The van der Waals surface area contributed by atoms with Crippen molar-refractivity contribution in [2.75, 3.05) is 19.5 Å². The molecule has 1 amide bonds. The number of amides is 1. The van der Waals surface area contributed by atoms with Crippen molar-refractivity contribution in [3.05, 3.63) is 58.6 Å². The second-order valence-electron chi connectivity index (χ2n) is 6.66. The third-order valence-electron chi connectivity index (χ3n) is 4.54. The van der Waals surface area contributed by atoms with Crippen molar-refractivity contribution in [1.82, 2.24) is 10.2 Å². The third kappa shape index (κ3) is 4.48. The van der Waals surface area contributed by atoms with E-state index in [9.17, 15) is 4.79 Å². The summed E-state index contributed by atoms with van der Waals surface area (Å²) in [5, 5.41) is 12.5. The molecule has 0 atom stereocenters. The summed E-state index contributed by atoms with van der Waals surface area (Å²) in [7, 11) is 3.05. The summed E-state index contributed by atoms with van der Waals surface area (Å²) in [6, 6.07) is 13.0. The lowest BCUT2D eigenvalue weighted by molar-refractivity contribution is 0.102. The molecular formula is C21H21N3O4S. The summed E-state index contributed by atoms with van der Waals surface area (Å²) < 4.78 is 16.8. The van der Waals surface area contributed by atoms with Gasteiger partial charge < -0.3 is 14.2 Å². The Bertz CT molecular complexity index is 977. The fraction of sp³-hybridized carbons (Fsp3) is 0.286. The molecule has 29 heavy (non-hydrogen) atoms. The molecule has 2 aromatic carbocycles. The number of methoxy groups -OCH3 is 2. The number of nitrogens with one attached hydrogen (secondary N) is 1. The van der Waals surface area contributed by atoms with E-state index in [-0.39, 0.29) is 5.91 Å². The van der Waals surface area contributed by atoms with Crippen molar-refractivity contribution in [3.8, 4) is 17.2 Å². The van der Waals surface area contributed by atoms with Gasteiger partial charge in [-0.1, -0.05) is 41.7 Å². The van der Waals surface area contributed by atoms with Gasteiger partial charge in [0.15, 0.2) is 11.5 Å². The van der Waals surface area contributed by atoms with Crippen LogP contribution in [-0.2, 0) is 6.61 Å². The van der Waals surface area contributed by atoms with Gasteiger partial charge in [0.1, 0.15) is 11.6 Å². The average molecular weight is 411 g/mol. The molecule has 0 bridgehead atoms. The van der Waals surface area contributed by atoms with Gasteiger partial charge in [0, 0.05) is 11.5 Å². The summed E-state index contributed by atoms with van der Waals surface area (Å²) in [5.74, 6) is 1.47. The van der Waals surface area contributed by atoms with Crippen molar-refractivity contribution < 1.29 is 19.0 Å². The lowest BCUT2D eigenvalue weighted by atomic mass is 10.1. The van der Waals surface area contributed by atoms with Crippen LogP contribution in [0.2, 0.25) is 0 Å². The maximum Gasteiger partial charge on any atom is 0.257 e. The molecule has 3 aromatic rings. The largest absolute Gasteiger partial charge is 0.493 e. The molecule has 0 unspecified atom stereocenters. The Morgan fingerprint density at radius 2 is 1.79 bits per heavy atom. The predicted molar refractivity (Wildman–Crippen MR) is 110 cm³/mol. The van der Waals surface area contributed by atoms with E-state index in [4.69, 9.17) is 14.2 Å². The molecular weight excluding hydrogens is 390 g/mol. The SMILES string of the molecule is COc1cc(C(=O)Nc2nnc(C3CC3)s2)cc(OC)c1OCc1ccccc1. The number of aromatic nitrogens is 2. The zero-order chi connectivity index (χ0) is 20.2. The minimum absolute atomic E-state index is 0.310. The van der Waals surface area contributed by atoms with Crippen LogP contribution < -0.4 is 19.5 Å². The highest BCUT2D eigenvalue weighted by molar-refractivity contribution is 7.15. The summed E-state index contributed by atoms with van der Waals surface area (Å²) in [4.78, 5) is 12.7. The summed E-state index contributed by atoms with van der Waals surface area (Å²) in [5.41, 5.74) is 1.40. The molecule has 7 nitrogen and oxygen atoms in total. The summed E-state index contributed by atoms with van der Waals surface area (Å²) >= 11 is 1.41. The first kappa shape index (κ1) is 19.2. The zero-order valence-electron chi connectivity index (χ0n) is 16.2. The van der Waals surface area contributed by atoms with Gasteiger partial charge in [-0.15, -0.1) is 10.2 Å². The van der Waals surface area contributed by atoms with E-state index in [1.54, 1.807) is 12.1 Å². The first-order chi connectivity index (χ1) is 14.2. The van der Waals surface area contributed by atoms with Gasteiger partial charge in [0.25, 0.3) is 5.91 Å². The average Bonchev–Trinajstić information content (AvgIpc) is 3.51. The number of hydrogen-bond acceptors (Lipinski definition) is 7. The number of rotatable bonds is 8. The Kier molecular flexibility index (Phi) is 5.62. The van der Waals surface area contributed by atoms with Crippen LogP contribution in [0.15, 0.2) is 42.5 Å². The van der Waals surface area contributed by atoms with Crippen LogP contribution >= 0.6 is 11.3 Å². The monoisotopic (exact) mass is 411 g/mol. The van der Waals surface area contributed by atoms with Gasteiger partial charge in [-0.2, -0.15) is 0 Å². The molecule has 0 saturated heterocycles. The first-order valence-corrected chi connectivity index (χ1v) is 10.1. The maximum atomic E-state index is 12.7. The van der Waals surface area contributed by atoms with Crippen molar-refractivity contribution in [1.29, 1.82) is 0 Å². The Morgan fingerprint density at radius 3 is 2.41 bits per heavy atom. The highest BCUT2D eigenvalue weighted by atomic mass is 32.1. The second kappa shape index (κ2) is 8.48. The molecule has 1 aliphatic rings. The van der Waals surface area contributed by atoms with Crippen LogP contribution in [0.3, 0.4) is 0 Å². The predicted octanol–water partition coefficient (Wildman–Crippen LogP) is 4.26. The molecule has 1 fully saturated rings. The van der Waals surface area contributed by atoms with Gasteiger partial charge in [0.2, 0.25) is 10.9 Å². The molecule has 8 heteroatoms. The Balaban J connectivity index is 1.53. The molecule has 4 rings (SSSR count). The standard InChI is InChI=1S/C21H21N3O4S/c1-26-16-10-15(19(25)22-21-24-23-20(29-21)14-8-9-14)11-17(27-2)18(16)28-12-13-6-4-3-5-7-13/h3-7,10-11,14H,8-9,12H2,1-2H3,(H,22,24,25). The highest BCUT2D eigenvalue weighted by Crippen LogP contribution is 2.42. The summed E-state index contributed by atoms with van der Waals surface area (Å²) in [6.07, 6.45) is 2.28. The zero-order valence-corrected chi connectivity index (χ0v) is 17.0. The number of anilines is 1. The van der Waals surface area contributed by atoms with E-state index in [1.165, 1.54) is 25.6 Å². The lowest BCUT2D eigenvalue weighted by Gasteiger charge is -2.16. The minimum Gasteiger partial charge on any atom is -0.493 e. The third-order valence-corrected chi connectivity index (χ3v) is 5.54. The van der Waals surface area contributed by atoms with Crippen LogP contribution in [0.5, 0.6) is 17.2 Å². The molecule has 1 heterocycles. The van der Waals surface area contributed by atoms with E-state index >= 15 is 0 Å². The maximum absolute atomic E-state index is 12.7. The molecule has 0 aliphatic heterocycles. The van der Waals surface area contributed by atoms with Crippen molar-refractivity contribution in [2.24, 2.45) is 0 Å². The van der Waals surface area contributed by atoms with E-state index in [0.29, 0.717) is 40.5 Å². The quantitative estimate of drug-likeness (QED) is 0.596. The molecule has 1 aliphatic carbocycles. The molecule has 0 radical (unpaired) electrons. The Hall–Kier alpha value is -3.13. The van der Waals surface area contributed by atoms with Gasteiger partial charge in [-0.25, -0.2) is 0 Å². The van der Waals surface area contributed by atoms with E-state index in [0.717, 1.165) is 23.4 Å². The number of hydrogen-bond donors (Lipinski definition) is 1. The van der Waals surface area contributed by atoms with E-state index in [1.807, 2.05) is 30.3 Å².